The van der Waals surface area contributed by atoms with Crippen molar-refractivity contribution in [2.24, 2.45) is 0 Å². The molecular weight excluding hydrogens is 490 g/mol. The molecule has 3 atom stereocenters. The molecule has 11 nitrogen and oxygen atoms in total. The molecular formula is C22H24ClN9O2S. The Labute approximate surface area is 211 Å². The highest BCUT2D eigenvalue weighted by Gasteiger charge is 2.26. The minimum Gasteiger partial charge on any atom is -0.481 e. The third kappa shape index (κ3) is 5.66. The first-order chi connectivity index (χ1) is 17.0. The number of rotatable bonds is 10. The molecule has 4 rings (SSSR count). The van der Waals surface area contributed by atoms with Gasteiger partial charge in [-0.05, 0) is 31.9 Å². The number of methoxy groups -OCH3 is 2. The molecule has 0 fully saturated rings. The first kappa shape index (κ1) is 24.8. The number of anilines is 1. The van der Waals surface area contributed by atoms with E-state index in [-0.39, 0.29) is 17.4 Å². The molecule has 4 aromatic rings. The van der Waals surface area contributed by atoms with Crippen molar-refractivity contribution in [3.8, 4) is 17.4 Å². The highest BCUT2D eigenvalue weighted by atomic mass is 35.5. The largest absolute Gasteiger partial charge is 0.481 e. The van der Waals surface area contributed by atoms with Gasteiger partial charge in [0.2, 0.25) is 11.8 Å². The standard InChI is InChI=1S/C22H24ClN9O2S/c1-13(15-8-24-12-25-9-15)32-21(17-6-5-7-18(28-17)33-3)29-30-22(32)31-35-14(2)19(34-4)20-26-10-16(23)11-27-20/h5-14,19H,1-4H3,(H,30,31). The fraction of sp³-hybridized carbons (Fsp3) is 0.318. The van der Waals surface area contributed by atoms with Gasteiger partial charge in [-0.3, -0.25) is 9.29 Å². The van der Waals surface area contributed by atoms with E-state index in [9.17, 15) is 0 Å². The van der Waals surface area contributed by atoms with Crippen molar-refractivity contribution in [3.63, 3.8) is 0 Å². The van der Waals surface area contributed by atoms with Crippen LogP contribution in [0.2, 0.25) is 5.02 Å². The molecule has 4 heterocycles. The van der Waals surface area contributed by atoms with E-state index in [2.05, 4.69) is 39.8 Å². The maximum atomic E-state index is 5.93. The molecule has 0 saturated heterocycles. The number of aromatic nitrogens is 8. The molecule has 0 amide bonds. The van der Waals surface area contributed by atoms with Gasteiger partial charge in [0.15, 0.2) is 11.6 Å². The maximum Gasteiger partial charge on any atom is 0.235 e. The predicted octanol–water partition coefficient (Wildman–Crippen LogP) is 4.03. The van der Waals surface area contributed by atoms with Gasteiger partial charge in [0.25, 0.3) is 0 Å². The Hall–Kier alpha value is -3.35. The van der Waals surface area contributed by atoms with Crippen LogP contribution in [0, 0.1) is 0 Å². The van der Waals surface area contributed by atoms with E-state index in [0.717, 1.165) is 5.56 Å². The van der Waals surface area contributed by atoms with E-state index >= 15 is 0 Å². The molecule has 4 aromatic heterocycles. The summed E-state index contributed by atoms with van der Waals surface area (Å²) in [6.07, 6.45) is 7.74. The van der Waals surface area contributed by atoms with Gasteiger partial charge in [-0.2, -0.15) is 0 Å². The zero-order valence-corrected chi connectivity index (χ0v) is 21.1. The number of hydrogen-bond acceptors (Lipinski definition) is 11. The zero-order valence-electron chi connectivity index (χ0n) is 19.5. The van der Waals surface area contributed by atoms with Gasteiger partial charge in [-0.1, -0.05) is 17.7 Å². The summed E-state index contributed by atoms with van der Waals surface area (Å²) >= 11 is 7.34. The summed E-state index contributed by atoms with van der Waals surface area (Å²) in [4.78, 5) is 21.4. The van der Waals surface area contributed by atoms with Crippen LogP contribution in [0.25, 0.3) is 11.5 Å². The monoisotopic (exact) mass is 513 g/mol. The minimum absolute atomic E-state index is 0.0833. The Bertz CT molecular complexity index is 1240. The van der Waals surface area contributed by atoms with Crippen molar-refractivity contribution >= 4 is 29.5 Å². The summed E-state index contributed by atoms with van der Waals surface area (Å²) < 4.78 is 16.2. The normalized spacial score (nSPS) is 13.7. The quantitative estimate of drug-likeness (QED) is 0.309. The van der Waals surface area contributed by atoms with Crippen molar-refractivity contribution in [1.29, 1.82) is 0 Å². The molecule has 0 bridgehead atoms. The average Bonchev–Trinajstić information content (AvgIpc) is 3.33. The van der Waals surface area contributed by atoms with Gasteiger partial charge < -0.3 is 9.47 Å². The highest BCUT2D eigenvalue weighted by molar-refractivity contribution is 8.01. The lowest BCUT2D eigenvalue weighted by molar-refractivity contribution is 0.0972. The summed E-state index contributed by atoms with van der Waals surface area (Å²) in [5.74, 6) is 2.12. The molecule has 0 aliphatic heterocycles. The highest BCUT2D eigenvalue weighted by Crippen LogP contribution is 2.32. The number of nitrogens with one attached hydrogen (secondary N) is 1. The Morgan fingerprint density at radius 2 is 1.77 bits per heavy atom. The van der Waals surface area contributed by atoms with Gasteiger partial charge in [0.05, 0.1) is 23.4 Å². The average molecular weight is 514 g/mol. The van der Waals surface area contributed by atoms with Crippen LogP contribution in [0.1, 0.15) is 37.4 Å². The molecule has 182 valence electrons. The molecule has 0 spiro atoms. The van der Waals surface area contributed by atoms with Crippen molar-refractivity contribution in [2.45, 2.75) is 31.2 Å². The van der Waals surface area contributed by atoms with Crippen molar-refractivity contribution in [1.82, 2.24) is 39.7 Å². The summed E-state index contributed by atoms with van der Waals surface area (Å²) in [5, 5.41) is 9.21. The van der Waals surface area contributed by atoms with E-state index in [0.29, 0.717) is 34.2 Å². The lowest BCUT2D eigenvalue weighted by atomic mass is 10.1. The second-order valence-electron chi connectivity index (χ2n) is 7.47. The van der Waals surface area contributed by atoms with Crippen LogP contribution in [0.4, 0.5) is 5.95 Å². The van der Waals surface area contributed by atoms with Gasteiger partial charge in [0, 0.05) is 43.5 Å². The fourth-order valence-corrected chi connectivity index (χ4v) is 4.30. The third-order valence-corrected chi connectivity index (χ3v) is 6.33. The maximum absolute atomic E-state index is 5.93. The van der Waals surface area contributed by atoms with Gasteiger partial charge >= 0.3 is 0 Å². The van der Waals surface area contributed by atoms with E-state index in [1.54, 1.807) is 45.1 Å². The van der Waals surface area contributed by atoms with E-state index in [4.69, 9.17) is 21.1 Å². The summed E-state index contributed by atoms with van der Waals surface area (Å²) in [6, 6.07) is 5.30. The fourth-order valence-electron chi connectivity index (χ4n) is 3.41. The lowest BCUT2D eigenvalue weighted by Crippen LogP contribution is -2.19. The molecule has 0 aliphatic carbocycles. The molecule has 13 heteroatoms. The molecule has 3 unspecified atom stereocenters. The SMILES string of the molecule is COc1cccc(-c2nnc(NSC(C)C(OC)c3ncc(Cl)cn3)n2C(C)c2cncnc2)n1. The van der Waals surface area contributed by atoms with Gasteiger partial charge in [-0.25, -0.2) is 24.9 Å². The number of hydrogen-bond donors (Lipinski definition) is 1. The van der Waals surface area contributed by atoms with Crippen LogP contribution in [-0.2, 0) is 4.74 Å². The van der Waals surface area contributed by atoms with Crippen LogP contribution in [-0.4, -0.2) is 59.2 Å². The van der Waals surface area contributed by atoms with Crippen LogP contribution in [0.15, 0.2) is 49.3 Å². The number of pyridine rings is 1. The first-order valence-electron chi connectivity index (χ1n) is 10.6. The molecule has 1 N–H and O–H groups in total. The van der Waals surface area contributed by atoms with Crippen LogP contribution in [0.3, 0.4) is 0 Å². The zero-order chi connectivity index (χ0) is 24.8. The Morgan fingerprint density at radius 3 is 2.46 bits per heavy atom. The van der Waals surface area contributed by atoms with Crippen molar-refractivity contribution < 1.29 is 9.47 Å². The minimum atomic E-state index is -0.374. The molecule has 0 saturated carbocycles. The summed E-state index contributed by atoms with van der Waals surface area (Å²) in [7, 11) is 3.19. The second kappa shape index (κ2) is 11.4. The van der Waals surface area contributed by atoms with Crippen LogP contribution >= 0.6 is 23.5 Å². The number of nitrogens with zero attached hydrogens (tertiary/aromatic N) is 8. The van der Waals surface area contributed by atoms with Gasteiger partial charge in [0.1, 0.15) is 18.1 Å². The second-order valence-corrected chi connectivity index (χ2v) is 9.09. The lowest BCUT2D eigenvalue weighted by Gasteiger charge is -2.22. The first-order valence-corrected chi connectivity index (χ1v) is 11.9. The van der Waals surface area contributed by atoms with E-state index in [1.807, 2.05) is 30.5 Å². The molecule has 0 aliphatic rings. The van der Waals surface area contributed by atoms with E-state index < -0.39 is 0 Å². The van der Waals surface area contributed by atoms with Gasteiger partial charge in [-0.15, -0.1) is 10.2 Å². The Kier molecular flexibility index (Phi) is 8.06. The Balaban J connectivity index is 1.64. The van der Waals surface area contributed by atoms with Crippen LogP contribution < -0.4 is 9.46 Å². The van der Waals surface area contributed by atoms with Crippen LogP contribution in [0.5, 0.6) is 5.88 Å². The molecule has 35 heavy (non-hydrogen) atoms. The smallest absolute Gasteiger partial charge is 0.235 e. The topological polar surface area (TPSA) is 126 Å². The summed E-state index contributed by atoms with van der Waals surface area (Å²) in [5.41, 5.74) is 1.51. The summed E-state index contributed by atoms with van der Waals surface area (Å²) in [6.45, 7) is 4.02. The number of ether oxygens (including phenoxy) is 2. The van der Waals surface area contributed by atoms with E-state index in [1.165, 1.54) is 18.3 Å². The Morgan fingerprint density at radius 1 is 1.03 bits per heavy atom. The molecule has 0 aromatic carbocycles. The van der Waals surface area contributed by atoms with Crippen molar-refractivity contribution in [2.75, 3.05) is 18.9 Å². The molecule has 0 radical (unpaired) electrons. The number of halogens is 1. The van der Waals surface area contributed by atoms with Crippen molar-refractivity contribution in [3.05, 3.63) is 65.7 Å². The predicted molar refractivity (Wildman–Crippen MR) is 133 cm³/mol. The third-order valence-electron chi connectivity index (χ3n) is 5.22.